The first-order valence-corrected chi connectivity index (χ1v) is 7.66. The molecule has 6 heteroatoms. The normalized spacial score (nSPS) is 15.6. The van der Waals surface area contributed by atoms with E-state index in [0.29, 0.717) is 11.3 Å². The fourth-order valence-electron chi connectivity index (χ4n) is 1.59. The number of hydrogen-bond acceptors (Lipinski definition) is 3. The van der Waals surface area contributed by atoms with Crippen molar-refractivity contribution in [2.24, 2.45) is 0 Å². The van der Waals surface area contributed by atoms with Crippen molar-refractivity contribution >= 4 is 16.7 Å². The summed E-state index contributed by atoms with van der Waals surface area (Å²) in [6, 6.07) is 4.97. The molecule has 0 fully saturated rings. The summed E-state index contributed by atoms with van der Waals surface area (Å²) >= 11 is 0. The van der Waals surface area contributed by atoms with Crippen molar-refractivity contribution < 1.29 is 18.5 Å². The number of carbonyl (C=O) groups is 1. The van der Waals surface area contributed by atoms with Crippen molar-refractivity contribution in [2.75, 3.05) is 12.0 Å². The molecule has 1 rings (SSSR count). The molecule has 1 aromatic rings. The monoisotopic (exact) mass is 287 g/mol. The molecule has 0 aliphatic heterocycles. The Hall–Kier alpha value is -1.27. The maximum absolute atomic E-state index is 12.8. The van der Waals surface area contributed by atoms with E-state index in [1.807, 2.05) is 0 Å². The molecule has 19 heavy (non-hydrogen) atoms. The van der Waals surface area contributed by atoms with Crippen molar-refractivity contribution in [3.05, 3.63) is 35.6 Å². The van der Waals surface area contributed by atoms with Crippen LogP contribution >= 0.6 is 0 Å². The predicted molar refractivity (Wildman–Crippen MR) is 72.5 cm³/mol. The van der Waals surface area contributed by atoms with Gasteiger partial charge in [-0.05, 0) is 24.6 Å². The number of aliphatic hydroxyl groups excluding tert-OH is 1. The minimum Gasteiger partial charge on any atom is -0.386 e. The number of nitrogens with one attached hydrogen (secondary N) is 1. The van der Waals surface area contributed by atoms with E-state index < -0.39 is 22.9 Å². The van der Waals surface area contributed by atoms with Crippen molar-refractivity contribution in [1.82, 2.24) is 5.32 Å². The maximum Gasteiger partial charge on any atom is 0.221 e. The van der Waals surface area contributed by atoms with Crippen LogP contribution in [-0.2, 0) is 15.6 Å². The average molecular weight is 287 g/mol. The molecular formula is C13H18FNO3S. The lowest BCUT2D eigenvalue weighted by Crippen LogP contribution is -2.37. The van der Waals surface area contributed by atoms with E-state index in [-0.39, 0.29) is 18.1 Å². The molecule has 0 saturated carbocycles. The third-order valence-corrected chi connectivity index (χ3v) is 3.47. The second kappa shape index (κ2) is 7.35. The van der Waals surface area contributed by atoms with Crippen molar-refractivity contribution in [1.29, 1.82) is 0 Å². The van der Waals surface area contributed by atoms with Gasteiger partial charge < -0.3 is 10.4 Å². The minimum absolute atomic E-state index is 0.156. The zero-order valence-electron chi connectivity index (χ0n) is 10.9. The summed E-state index contributed by atoms with van der Waals surface area (Å²) in [7, 11) is -1.02. The van der Waals surface area contributed by atoms with Gasteiger partial charge in [-0.15, -0.1) is 0 Å². The summed E-state index contributed by atoms with van der Waals surface area (Å²) in [5.74, 6) is -0.340. The number of hydrogen-bond donors (Lipinski definition) is 2. The molecule has 0 radical (unpaired) electrons. The Balaban J connectivity index is 2.52. The average Bonchev–Trinajstić information content (AvgIpc) is 2.36. The lowest BCUT2D eigenvalue weighted by atomic mass is 10.0. The highest BCUT2D eigenvalue weighted by molar-refractivity contribution is 7.84. The first kappa shape index (κ1) is 15.8. The van der Waals surface area contributed by atoms with Crippen LogP contribution in [0.15, 0.2) is 24.3 Å². The zero-order chi connectivity index (χ0) is 14.4. The van der Waals surface area contributed by atoms with Crippen LogP contribution in [0.1, 0.15) is 25.0 Å². The summed E-state index contributed by atoms with van der Waals surface area (Å²) in [5.41, 5.74) is 0.535. The Bertz CT molecular complexity index is 450. The Kier molecular flexibility index (Phi) is 6.11. The number of halogens is 1. The van der Waals surface area contributed by atoms with Gasteiger partial charge in [0, 0.05) is 29.2 Å². The van der Waals surface area contributed by atoms with Crippen LogP contribution in [-0.4, -0.2) is 33.3 Å². The predicted octanol–water partition coefficient (Wildman–Crippen LogP) is 1.13. The number of benzene rings is 1. The molecule has 0 heterocycles. The van der Waals surface area contributed by atoms with Gasteiger partial charge in [-0.25, -0.2) is 4.39 Å². The molecule has 3 atom stereocenters. The first-order valence-electron chi connectivity index (χ1n) is 5.93. The van der Waals surface area contributed by atoms with Crippen LogP contribution < -0.4 is 5.32 Å². The third kappa shape index (κ3) is 5.48. The first-order chi connectivity index (χ1) is 8.90. The van der Waals surface area contributed by atoms with Crippen LogP contribution in [0.25, 0.3) is 0 Å². The van der Waals surface area contributed by atoms with Crippen molar-refractivity contribution in [2.45, 2.75) is 25.5 Å². The van der Waals surface area contributed by atoms with Gasteiger partial charge in [0.05, 0.1) is 12.1 Å². The largest absolute Gasteiger partial charge is 0.386 e. The lowest BCUT2D eigenvalue weighted by Gasteiger charge is -2.20. The molecule has 1 aromatic carbocycles. The second-order valence-corrected chi connectivity index (χ2v) is 5.93. The standard InChI is InChI=1S/C13H18FNO3S/c1-9(15-12(16)7-8-19(2)18)13(17)10-3-5-11(14)6-4-10/h3-6,9,13,17H,7-8H2,1-2H3,(H,15,16). The fourth-order valence-corrected chi connectivity index (χ4v) is 2.06. The van der Waals surface area contributed by atoms with Crippen LogP contribution in [0.5, 0.6) is 0 Å². The Morgan fingerprint density at radius 3 is 2.53 bits per heavy atom. The van der Waals surface area contributed by atoms with E-state index in [1.54, 1.807) is 6.92 Å². The maximum atomic E-state index is 12.8. The van der Waals surface area contributed by atoms with Gasteiger partial charge in [0.1, 0.15) is 5.82 Å². The highest BCUT2D eigenvalue weighted by Crippen LogP contribution is 2.17. The molecule has 0 saturated heterocycles. The number of carbonyl (C=O) groups excluding carboxylic acids is 1. The SMILES string of the molecule is CC(NC(=O)CCS(C)=O)C(O)c1ccc(F)cc1. The van der Waals surface area contributed by atoms with Gasteiger partial charge in [0.15, 0.2) is 0 Å². The number of aliphatic hydroxyl groups is 1. The van der Waals surface area contributed by atoms with Crippen molar-refractivity contribution in [3.8, 4) is 0 Å². The summed E-state index contributed by atoms with van der Waals surface area (Å²) in [6.45, 7) is 1.66. The van der Waals surface area contributed by atoms with Crippen LogP contribution in [0.2, 0.25) is 0 Å². The topological polar surface area (TPSA) is 66.4 Å². The summed E-state index contributed by atoms with van der Waals surface area (Å²) < 4.78 is 23.6. The zero-order valence-corrected chi connectivity index (χ0v) is 11.7. The molecule has 2 N–H and O–H groups in total. The lowest BCUT2D eigenvalue weighted by molar-refractivity contribution is -0.122. The number of amides is 1. The highest BCUT2D eigenvalue weighted by atomic mass is 32.2. The molecule has 0 bridgehead atoms. The van der Waals surface area contributed by atoms with Crippen LogP contribution in [0.4, 0.5) is 4.39 Å². The quantitative estimate of drug-likeness (QED) is 0.824. The summed E-state index contributed by atoms with van der Waals surface area (Å²) in [4.78, 5) is 11.5. The van der Waals surface area contributed by atoms with Gasteiger partial charge in [-0.3, -0.25) is 9.00 Å². The van der Waals surface area contributed by atoms with Gasteiger partial charge in [0.2, 0.25) is 5.91 Å². The Labute approximate surface area is 114 Å². The molecule has 0 aromatic heterocycles. The van der Waals surface area contributed by atoms with Gasteiger partial charge in [-0.1, -0.05) is 12.1 Å². The van der Waals surface area contributed by atoms with Gasteiger partial charge >= 0.3 is 0 Å². The van der Waals surface area contributed by atoms with E-state index in [1.165, 1.54) is 30.5 Å². The molecular weight excluding hydrogens is 269 g/mol. The van der Waals surface area contributed by atoms with E-state index in [9.17, 15) is 18.5 Å². The molecule has 0 aliphatic rings. The molecule has 3 unspecified atom stereocenters. The molecule has 4 nitrogen and oxygen atoms in total. The Morgan fingerprint density at radius 2 is 2.00 bits per heavy atom. The van der Waals surface area contributed by atoms with E-state index in [4.69, 9.17) is 0 Å². The second-order valence-electron chi connectivity index (χ2n) is 4.38. The van der Waals surface area contributed by atoms with Gasteiger partial charge in [0.25, 0.3) is 0 Å². The number of rotatable bonds is 6. The highest BCUT2D eigenvalue weighted by Gasteiger charge is 2.18. The summed E-state index contributed by atoms with van der Waals surface area (Å²) in [5, 5.41) is 12.6. The third-order valence-electron chi connectivity index (χ3n) is 2.69. The Morgan fingerprint density at radius 1 is 1.42 bits per heavy atom. The molecule has 0 spiro atoms. The van der Waals surface area contributed by atoms with Gasteiger partial charge in [-0.2, -0.15) is 0 Å². The molecule has 106 valence electrons. The fraction of sp³-hybridized carbons (Fsp3) is 0.462. The minimum atomic E-state index is -1.02. The van der Waals surface area contributed by atoms with Crippen LogP contribution in [0.3, 0.4) is 0 Å². The van der Waals surface area contributed by atoms with Crippen LogP contribution in [0, 0.1) is 5.82 Å². The van der Waals surface area contributed by atoms with E-state index >= 15 is 0 Å². The van der Waals surface area contributed by atoms with E-state index in [0.717, 1.165) is 0 Å². The molecule has 1 amide bonds. The molecule has 0 aliphatic carbocycles. The smallest absolute Gasteiger partial charge is 0.221 e. The van der Waals surface area contributed by atoms with Crippen molar-refractivity contribution in [3.63, 3.8) is 0 Å². The summed E-state index contributed by atoms with van der Waals surface area (Å²) in [6.07, 6.45) is 0.782. The van der Waals surface area contributed by atoms with E-state index in [2.05, 4.69) is 5.32 Å².